The van der Waals surface area contributed by atoms with Gasteiger partial charge in [-0.3, -0.25) is 10.1 Å². The van der Waals surface area contributed by atoms with Crippen molar-refractivity contribution in [3.05, 3.63) is 63.6 Å². The van der Waals surface area contributed by atoms with Crippen LogP contribution in [0.4, 0.5) is 13.2 Å². The van der Waals surface area contributed by atoms with Crippen molar-refractivity contribution in [2.45, 2.75) is 56.8 Å². The van der Waals surface area contributed by atoms with Crippen molar-refractivity contribution >= 4 is 35.1 Å². The molecule has 0 aromatic heterocycles. The molecule has 1 heterocycles. The summed E-state index contributed by atoms with van der Waals surface area (Å²) in [6.45, 7) is 6.20. The van der Waals surface area contributed by atoms with Crippen LogP contribution in [0.25, 0.3) is 0 Å². The van der Waals surface area contributed by atoms with Gasteiger partial charge in [0.2, 0.25) is 0 Å². The highest BCUT2D eigenvalue weighted by Crippen LogP contribution is 2.53. The van der Waals surface area contributed by atoms with E-state index in [9.17, 15) is 28.3 Å². The molecule has 0 radical (unpaired) electrons. The van der Waals surface area contributed by atoms with Gasteiger partial charge in [-0.25, -0.2) is 4.79 Å². The molecule has 0 saturated carbocycles. The highest BCUT2D eigenvalue weighted by Gasteiger charge is 2.60. The van der Waals surface area contributed by atoms with E-state index in [0.29, 0.717) is 33.3 Å². The Hall–Kier alpha value is -3.00. The number of alkyl halides is 3. The van der Waals surface area contributed by atoms with E-state index in [1.807, 2.05) is 6.07 Å². The minimum absolute atomic E-state index is 0.161. The van der Waals surface area contributed by atoms with Crippen molar-refractivity contribution in [3.8, 4) is 11.8 Å². The molecule has 0 amide bonds. The molecule has 1 aliphatic heterocycles. The number of aliphatic carboxylic acids is 2. The van der Waals surface area contributed by atoms with Crippen LogP contribution in [0, 0.1) is 16.7 Å². The number of hydrogen-bond acceptors (Lipinski definition) is 5. The highest BCUT2D eigenvalue weighted by molar-refractivity contribution is 6.31. The Balaban J connectivity index is 0.000000638. The Morgan fingerprint density at radius 2 is 1.68 bits per heavy atom. The molecule has 3 N–H and O–H groups in total. The molecule has 2 aromatic carbocycles. The van der Waals surface area contributed by atoms with Gasteiger partial charge in [0.05, 0.1) is 13.2 Å². The predicted octanol–water partition coefficient (Wildman–Crippen LogP) is 6.04. The molecule has 0 bridgehead atoms. The van der Waals surface area contributed by atoms with Crippen LogP contribution in [0.3, 0.4) is 0 Å². The number of nitrogens with one attached hydrogen (secondary N) is 1. The zero-order valence-corrected chi connectivity index (χ0v) is 22.4. The molecule has 12 heteroatoms. The lowest BCUT2D eigenvalue weighted by Crippen LogP contribution is -2.44. The summed E-state index contributed by atoms with van der Waals surface area (Å²) >= 11 is 12.5. The van der Waals surface area contributed by atoms with E-state index in [0.717, 1.165) is 0 Å². The van der Waals surface area contributed by atoms with Crippen LogP contribution < -0.4 is 10.1 Å². The van der Waals surface area contributed by atoms with Gasteiger partial charge in [-0.15, -0.1) is 0 Å². The number of carboxylic acid groups (broad SMARTS) is 2. The van der Waals surface area contributed by atoms with Crippen molar-refractivity contribution in [2.75, 3.05) is 7.11 Å². The molecular weight excluding hydrogens is 548 g/mol. The average Bonchev–Trinajstić information content (AvgIpc) is 3.12. The normalized spacial score (nSPS) is 23.1. The summed E-state index contributed by atoms with van der Waals surface area (Å²) in [6, 6.07) is 13.3. The number of nitrogens with zero attached hydrogens (tertiary/aromatic N) is 1. The van der Waals surface area contributed by atoms with Crippen LogP contribution in [0.1, 0.15) is 44.2 Å². The number of hydrogen-bond donors (Lipinski definition) is 3. The number of carboxylic acids is 2. The zero-order valence-electron chi connectivity index (χ0n) is 20.9. The number of methoxy groups -OCH3 is 1. The van der Waals surface area contributed by atoms with Crippen molar-refractivity contribution in [3.63, 3.8) is 0 Å². The first-order valence-corrected chi connectivity index (χ1v) is 12.0. The average molecular weight is 575 g/mol. The molecule has 0 aliphatic carbocycles. The Labute approximate surface area is 228 Å². The third kappa shape index (κ3) is 6.90. The minimum Gasteiger partial charge on any atom is -0.496 e. The molecule has 0 unspecified atom stereocenters. The molecule has 0 spiro atoms. The summed E-state index contributed by atoms with van der Waals surface area (Å²) in [5.74, 6) is -4.02. The van der Waals surface area contributed by atoms with Gasteiger partial charge in [-0.2, -0.15) is 18.4 Å². The fraction of sp³-hybridized carbons (Fsp3) is 0.423. The highest BCUT2D eigenvalue weighted by atomic mass is 35.5. The Kier molecular flexibility index (Phi) is 9.70. The summed E-state index contributed by atoms with van der Waals surface area (Å²) < 4.78 is 37.3. The van der Waals surface area contributed by atoms with Crippen molar-refractivity contribution < 1.29 is 37.7 Å². The molecule has 2 aromatic rings. The number of rotatable bonds is 5. The molecule has 7 nitrogen and oxygen atoms in total. The van der Waals surface area contributed by atoms with Crippen LogP contribution in [0.2, 0.25) is 10.0 Å². The van der Waals surface area contributed by atoms with Gasteiger partial charge in [0, 0.05) is 27.6 Å². The number of ether oxygens (including phenoxy) is 1. The zero-order chi connectivity index (χ0) is 29.1. The topological polar surface area (TPSA) is 120 Å². The number of nitriles is 1. The second-order valence-corrected chi connectivity index (χ2v) is 10.8. The van der Waals surface area contributed by atoms with Crippen LogP contribution >= 0.6 is 23.2 Å². The molecule has 4 atom stereocenters. The summed E-state index contributed by atoms with van der Waals surface area (Å²) in [7, 11) is 1.52. The van der Waals surface area contributed by atoms with Crippen LogP contribution in [0.5, 0.6) is 5.75 Å². The lowest BCUT2D eigenvalue weighted by atomic mass is 9.62. The lowest BCUT2D eigenvalue weighted by Gasteiger charge is -2.37. The van der Waals surface area contributed by atoms with Gasteiger partial charge in [-0.05, 0) is 41.7 Å². The molecular formula is C26H27Cl2F3N2O5. The van der Waals surface area contributed by atoms with Crippen LogP contribution in [-0.2, 0) is 15.0 Å². The SMILES string of the molecule is COc1cc(Cl)ccc1[C@@]1(C#N)[C@H](CC(C)(C)C)N[C@H](C(=O)O)[C@@H]1c1cccc(Cl)c1.O=C(O)C(F)(F)F. The quantitative estimate of drug-likeness (QED) is 0.398. The van der Waals surface area contributed by atoms with Gasteiger partial charge < -0.3 is 14.9 Å². The maximum absolute atomic E-state index is 12.4. The monoisotopic (exact) mass is 574 g/mol. The first kappa shape index (κ1) is 31.2. The molecule has 1 aliphatic rings. The van der Waals surface area contributed by atoms with E-state index in [-0.39, 0.29) is 5.41 Å². The van der Waals surface area contributed by atoms with E-state index in [1.165, 1.54) is 7.11 Å². The summed E-state index contributed by atoms with van der Waals surface area (Å²) in [5.41, 5.74) is -0.0948. The number of carbonyl (C=O) groups is 2. The first-order chi connectivity index (χ1) is 17.5. The van der Waals surface area contributed by atoms with E-state index >= 15 is 0 Å². The van der Waals surface area contributed by atoms with E-state index in [1.54, 1.807) is 36.4 Å². The van der Waals surface area contributed by atoms with Crippen LogP contribution in [-0.4, -0.2) is 47.5 Å². The van der Waals surface area contributed by atoms with Gasteiger partial charge in [0.15, 0.2) is 0 Å². The van der Waals surface area contributed by atoms with Crippen molar-refractivity contribution in [1.29, 1.82) is 5.26 Å². The predicted molar refractivity (Wildman–Crippen MR) is 136 cm³/mol. The third-order valence-corrected chi connectivity index (χ3v) is 6.55. The molecule has 1 fully saturated rings. The Morgan fingerprint density at radius 3 is 2.13 bits per heavy atom. The summed E-state index contributed by atoms with van der Waals surface area (Å²) in [4.78, 5) is 21.3. The molecule has 3 rings (SSSR count). The summed E-state index contributed by atoms with van der Waals surface area (Å²) in [6.07, 6.45) is -4.51. The van der Waals surface area contributed by atoms with Crippen molar-refractivity contribution in [2.24, 2.45) is 5.41 Å². The third-order valence-electron chi connectivity index (χ3n) is 6.08. The Morgan fingerprint density at radius 1 is 1.11 bits per heavy atom. The fourth-order valence-electron chi connectivity index (χ4n) is 4.70. The van der Waals surface area contributed by atoms with E-state index in [4.69, 9.17) is 37.8 Å². The van der Waals surface area contributed by atoms with Gasteiger partial charge in [0.25, 0.3) is 0 Å². The fourth-order valence-corrected chi connectivity index (χ4v) is 5.06. The van der Waals surface area contributed by atoms with Crippen molar-refractivity contribution in [1.82, 2.24) is 5.32 Å². The first-order valence-electron chi connectivity index (χ1n) is 11.3. The smallest absolute Gasteiger partial charge is 0.490 e. The van der Waals surface area contributed by atoms with Crippen LogP contribution in [0.15, 0.2) is 42.5 Å². The van der Waals surface area contributed by atoms with Gasteiger partial charge in [0.1, 0.15) is 17.2 Å². The Bertz CT molecular complexity index is 1230. The maximum atomic E-state index is 12.4. The van der Waals surface area contributed by atoms with E-state index in [2.05, 4.69) is 32.2 Å². The second-order valence-electron chi connectivity index (χ2n) is 9.96. The standard InChI is InChI=1S/C24H26Cl2N2O3.C2HF3O2/c1-23(2,3)12-19-24(13-27,17-9-8-16(26)11-18(17)31-4)20(21(28-19)22(29)30)14-6-5-7-15(25)10-14;3-2(4,5)1(6)7/h5-11,19-21,28H,12H2,1-4H3,(H,29,30);(H,6,7)/t19-,20-,21-,24-;/m0./s1. The number of benzene rings is 2. The number of halogens is 5. The molecule has 206 valence electrons. The van der Waals surface area contributed by atoms with Gasteiger partial charge in [-0.1, -0.05) is 62.2 Å². The van der Waals surface area contributed by atoms with Gasteiger partial charge >= 0.3 is 18.1 Å². The summed E-state index contributed by atoms with van der Waals surface area (Å²) in [5, 5.41) is 32.2. The largest absolute Gasteiger partial charge is 0.496 e. The molecule has 1 saturated heterocycles. The molecule has 38 heavy (non-hydrogen) atoms. The minimum atomic E-state index is -5.08. The lowest BCUT2D eigenvalue weighted by molar-refractivity contribution is -0.192. The maximum Gasteiger partial charge on any atom is 0.490 e. The van der Waals surface area contributed by atoms with E-state index < -0.39 is 41.5 Å². The second kappa shape index (κ2) is 11.8.